The summed E-state index contributed by atoms with van der Waals surface area (Å²) in [6.07, 6.45) is 0.330. The predicted octanol–water partition coefficient (Wildman–Crippen LogP) is 2.99. The van der Waals surface area contributed by atoms with Gasteiger partial charge < -0.3 is 14.6 Å². The van der Waals surface area contributed by atoms with Crippen LogP contribution in [0, 0.1) is 11.3 Å². The van der Waals surface area contributed by atoms with E-state index in [2.05, 4.69) is 0 Å². The van der Waals surface area contributed by atoms with E-state index in [0.717, 1.165) is 5.56 Å². The van der Waals surface area contributed by atoms with Gasteiger partial charge in [0.25, 0.3) is 0 Å². The Kier molecular flexibility index (Phi) is 5.21. The molecule has 0 aliphatic rings. The van der Waals surface area contributed by atoms with Crippen LogP contribution in [0.3, 0.4) is 0 Å². The first-order valence-electron chi connectivity index (χ1n) is 7.02. The Hall–Kier alpha value is -3.00. The summed E-state index contributed by atoms with van der Waals surface area (Å²) in [5, 5.41) is 18.4. The van der Waals surface area contributed by atoms with Gasteiger partial charge in [0, 0.05) is 0 Å². The van der Waals surface area contributed by atoms with Gasteiger partial charge in [-0.15, -0.1) is 0 Å². The van der Waals surface area contributed by atoms with Gasteiger partial charge in [-0.1, -0.05) is 18.2 Å². The molecular formula is C18H17NO4. The average molecular weight is 311 g/mol. The van der Waals surface area contributed by atoms with E-state index >= 15 is 0 Å². The highest BCUT2D eigenvalue weighted by atomic mass is 16.5. The van der Waals surface area contributed by atoms with Crippen LogP contribution in [0.15, 0.2) is 42.5 Å². The molecule has 0 bridgehead atoms. The molecule has 1 N–H and O–H groups in total. The normalized spacial score (nSPS) is 11.3. The molecule has 0 amide bonds. The van der Waals surface area contributed by atoms with Gasteiger partial charge in [-0.05, 0) is 41.8 Å². The fraction of sp³-hybridized carbons (Fsp3) is 0.222. The Morgan fingerprint density at radius 1 is 1.13 bits per heavy atom. The van der Waals surface area contributed by atoms with E-state index in [-0.39, 0.29) is 0 Å². The van der Waals surface area contributed by atoms with E-state index in [0.29, 0.717) is 29.0 Å². The molecule has 1 atom stereocenters. The van der Waals surface area contributed by atoms with Gasteiger partial charge in [-0.25, -0.2) is 0 Å². The fourth-order valence-electron chi connectivity index (χ4n) is 2.37. The Morgan fingerprint density at radius 3 is 2.30 bits per heavy atom. The molecule has 0 aromatic heterocycles. The Morgan fingerprint density at radius 2 is 1.78 bits per heavy atom. The maximum atomic E-state index is 11.7. The van der Waals surface area contributed by atoms with E-state index in [1.54, 1.807) is 42.5 Å². The highest BCUT2D eigenvalue weighted by molar-refractivity contribution is 5.77. The summed E-state index contributed by atoms with van der Waals surface area (Å²) in [7, 11) is 3.04. The lowest BCUT2D eigenvalue weighted by Crippen LogP contribution is -2.14. The van der Waals surface area contributed by atoms with Crippen LogP contribution in [0.2, 0.25) is 0 Å². The predicted molar refractivity (Wildman–Crippen MR) is 84.8 cm³/mol. The zero-order valence-corrected chi connectivity index (χ0v) is 12.9. The standard InChI is InChI=1S/C18H17NO4/c1-22-16-8-7-14(10-17(16)23-2)15(18(20)21)9-12-3-5-13(11-19)6-4-12/h3-8,10,15H,9H2,1-2H3,(H,20,21). The molecule has 0 radical (unpaired) electrons. The Labute approximate surface area is 134 Å². The lowest BCUT2D eigenvalue weighted by Gasteiger charge is -2.15. The fourth-order valence-corrected chi connectivity index (χ4v) is 2.37. The maximum absolute atomic E-state index is 11.7. The maximum Gasteiger partial charge on any atom is 0.311 e. The van der Waals surface area contributed by atoms with Crippen LogP contribution in [-0.4, -0.2) is 25.3 Å². The Balaban J connectivity index is 2.31. The van der Waals surface area contributed by atoms with E-state index < -0.39 is 11.9 Å². The van der Waals surface area contributed by atoms with E-state index in [9.17, 15) is 9.90 Å². The minimum Gasteiger partial charge on any atom is -0.493 e. The molecule has 5 nitrogen and oxygen atoms in total. The molecule has 2 aromatic rings. The molecule has 2 rings (SSSR count). The van der Waals surface area contributed by atoms with Crippen molar-refractivity contribution >= 4 is 5.97 Å². The smallest absolute Gasteiger partial charge is 0.311 e. The summed E-state index contributed by atoms with van der Waals surface area (Å²) in [5.41, 5.74) is 2.04. The lowest BCUT2D eigenvalue weighted by atomic mass is 9.91. The zero-order valence-electron chi connectivity index (χ0n) is 12.9. The van der Waals surface area contributed by atoms with E-state index in [1.165, 1.54) is 14.2 Å². The number of benzene rings is 2. The van der Waals surface area contributed by atoms with Crippen molar-refractivity contribution < 1.29 is 19.4 Å². The van der Waals surface area contributed by atoms with Crippen molar-refractivity contribution in [3.8, 4) is 17.6 Å². The van der Waals surface area contributed by atoms with Crippen molar-refractivity contribution in [2.45, 2.75) is 12.3 Å². The van der Waals surface area contributed by atoms with Crippen molar-refractivity contribution in [3.63, 3.8) is 0 Å². The van der Waals surface area contributed by atoms with Crippen LogP contribution < -0.4 is 9.47 Å². The first-order valence-corrected chi connectivity index (χ1v) is 7.02. The molecule has 1 unspecified atom stereocenters. The molecule has 0 aliphatic heterocycles. The van der Waals surface area contributed by atoms with Crippen molar-refractivity contribution in [3.05, 3.63) is 59.2 Å². The van der Waals surface area contributed by atoms with Gasteiger partial charge in [0.15, 0.2) is 11.5 Å². The molecule has 0 saturated heterocycles. The van der Waals surface area contributed by atoms with Gasteiger partial charge >= 0.3 is 5.97 Å². The topological polar surface area (TPSA) is 79.5 Å². The monoisotopic (exact) mass is 311 g/mol. The van der Waals surface area contributed by atoms with Crippen molar-refractivity contribution in [1.82, 2.24) is 0 Å². The minimum atomic E-state index is -0.915. The first kappa shape index (κ1) is 16.4. The SMILES string of the molecule is COc1ccc(C(Cc2ccc(C#N)cc2)C(=O)O)cc1OC. The number of carboxylic acids is 1. The second-order valence-corrected chi connectivity index (χ2v) is 5.02. The van der Waals surface area contributed by atoms with Gasteiger partial charge in [0.05, 0.1) is 31.8 Å². The van der Waals surface area contributed by atoms with Crippen LogP contribution in [-0.2, 0) is 11.2 Å². The number of rotatable bonds is 6. The number of carboxylic acid groups (broad SMARTS) is 1. The van der Waals surface area contributed by atoms with E-state index in [4.69, 9.17) is 14.7 Å². The highest BCUT2D eigenvalue weighted by Crippen LogP contribution is 2.32. The second-order valence-electron chi connectivity index (χ2n) is 5.02. The lowest BCUT2D eigenvalue weighted by molar-refractivity contribution is -0.138. The summed E-state index contributed by atoms with van der Waals surface area (Å²) in [4.78, 5) is 11.7. The number of carbonyl (C=O) groups is 1. The van der Waals surface area contributed by atoms with Crippen molar-refractivity contribution in [2.24, 2.45) is 0 Å². The average Bonchev–Trinajstić information content (AvgIpc) is 2.59. The number of hydrogen-bond donors (Lipinski definition) is 1. The molecule has 0 spiro atoms. The van der Waals surface area contributed by atoms with Crippen LogP contribution >= 0.6 is 0 Å². The summed E-state index contributed by atoms with van der Waals surface area (Å²) in [6.45, 7) is 0. The second kappa shape index (κ2) is 7.32. The highest BCUT2D eigenvalue weighted by Gasteiger charge is 2.22. The zero-order chi connectivity index (χ0) is 16.8. The molecular weight excluding hydrogens is 294 g/mol. The van der Waals surface area contributed by atoms with Gasteiger partial charge in [-0.3, -0.25) is 4.79 Å². The molecule has 0 aliphatic carbocycles. The van der Waals surface area contributed by atoms with Gasteiger partial charge in [0.2, 0.25) is 0 Å². The van der Waals surface area contributed by atoms with Crippen LogP contribution in [0.5, 0.6) is 11.5 Å². The number of methoxy groups -OCH3 is 2. The number of hydrogen-bond acceptors (Lipinski definition) is 4. The Bertz CT molecular complexity index is 732. The third kappa shape index (κ3) is 3.80. The van der Waals surface area contributed by atoms with Gasteiger partial charge in [-0.2, -0.15) is 5.26 Å². The summed E-state index contributed by atoms with van der Waals surface area (Å²) in [6, 6.07) is 14.1. The molecule has 0 fully saturated rings. The van der Waals surface area contributed by atoms with Gasteiger partial charge in [0.1, 0.15) is 0 Å². The van der Waals surface area contributed by atoms with Crippen molar-refractivity contribution in [1.29, 1.82) is 5.26 Å². The molecule has 0 saturated carbocycles. The van der Waals surface area contributed by atoms with E-state index in [1.807, 2.05) is 6.07 Å². The number of ether oxygens (including phenoxy) is 2. The molecule has 118 valence electrons. The quantitative estimate of drug-likeness (QED) is 0.887. The number of nitrogens with zero attached hydrogens (tertiary/aromatic N) is 1. The number of aliphatic carboxylic acids is 1. The summed E-state index contributed by atoms with van der Waals surface area (Å²) in [5.74, 6) is -0.570. The minimum absolute atomic E-state index is 0.330. The third-order valence-corrected chi connectivity index (χ3v) is 3.63. The molecule has 0 heterocycles. The largest absolute Gasteiger partial charge is 0.493 e. The van der Waals surface area contributed by atoms with Crippen molar-refractivity contribution in [2.75, 3.05) is 14.2 Å². The molecule has 5 heteroatoms. The number of nitriles is 1. The molecule has 23 heavy (non-hydrogen) atoms. The summed E-state index contributed by atoms with van der Waals surface area (Å²) < 4.78 is 10.4. The van der Waals surface area contributed by atoms with Crippen LogP contribution in [0.4, 0.5) is 0 Å². The third-order valence-electron chi connectivity index (χ3n) is 3.63. The molecule has 2 aromatic carbocycles. The van der Waals surface area contributed by atoms with Crippen LogP contribution in [0.25, 0.3) is 0 Å². The summed E-state index contributed by atoms with van der Waals surface area (Å²) >= 11 is 0. The first-order chi connectivity index (χ1) is 11.1. The van der Waals surface area contributed by atoms with Crippen LogP contribution in [0.1, 0.15) is 22.6 Å².